The van der Waals surface area contributed by atoms with Crippen LogP contribution in [0.15, 0.2) is 18.2 Å². The van der Waals surface area contributed by atoms with Gasteiger partial charge in [0.15, 0.2) is 0 Å². The summed E-state index contributed by atoms with van der Waals surface area (Å²) >= 11 is 6.07. The number of anilines is 1. The standard InChI is InChI=1S/C13H13ClN2O2/c1-7-10(14)5-4-8-9(13(17)18-3)6-11(15-2)16-12(7)8/h4-6H,1-3H3,(H,15,16). The summed E-state index contributed by atoms with van der Waals surface area (Å²) in [6.45, 7) is 1.87. The largest absolute Gasteiger partial charge is 0.465 e. The quantitative estimate of drug-likeness (QED) is 0.847. The lowest BCUT2D eigenvalue weighted by Crippen LogP contribution is -2.05. The first-order chi connectivity index (χ1) is 8.58. The lowest BCUT2D eigenvalue weighted by Gasteiger charge is -2.10. The molecule has 0 atom stereocenters. The molecule has 1 N–H and O–H groups in total. The third-order valence-electron chi connectivity index (χ3n) is 2.83. The predicted molar refractivity (Wildman–Crippen MR) is 72.4 cm³/mol. The molecule has 1 heterocycles. The summed E-state index contributed by atoms with van der Waals surface area (Å²) in [4.78, 5) is 16.2. The van der Waals surface area contributed by atoms with Gasteiger partial charge in [0.2, 0.25) is 0 Å². The molecule has 0 radical (unpaired) electrons. The number of ether oxygens (including phenoxy) is 1. The smallest absolute Gasteiger partial charge is 0.338 e. The maximum Gasteiger partial charge on any atom is 0.338 e. The van der Waals surface area contributed by atoms with Crippen LogP contribution in [0.5, 0.6) is 0 Å². The van der Waals surface area contributed by atoms with Crippen LogP contribution in [0, 0.1) is 6.92 Å². The number of methoxy groups -OCH3 is 1. The van der Waals surface area contributed by atoms with Gasteiger partial charge >= 0.3 is 5.97 Å². The molecule has 0 aliphatic rings. The highest BCUT2D eigenvalue weighted by molar-refractivity contribution is 6.32. The maximum atomic E-state index is 11.8. The maximum absolute atomic E-state index is 11.8. The molecule has 0 spiro atoms. The number of halogens is 1. The number of nitrogens with zero attached hydrogens (tertiary/aromatic N) is 1. The van der Waals surface area contributed by atoms with Crippen molar-refractivity contribution in [3.8, 4) is 0 Å². The second-order valence-electron chi connectivity index (χ2n) is 3.87. The average Bonchev–Trinajstić information content (AvgIpc) is 2.41. The van der Waals surface area contributed by atoms with Crippen molar-refractivity contribution in [1.82, 2.24) is 4.98 Å². The Balaban J connectivity index is 2.84. The molecule has 1 aromatic carbocycles. The first-order valence-corrected chi connectivity index (χ1v) is 5.82. The Morgan fingerprint density at radius 1 is 1.44 bits per heavy atom. The summed E-state index contributed by atoms with van der Waals surface area (Å²) in [7, 11) is 3.10. The van der Waals surface area contributed by atoms with E-state index in [1.807, 2.05) is 6.92 Å². The van der Waals surface area contributed by atoms with Crippen molar-refractivity contribution in [3.63, 3.8) is 0 Å². The molecule has 0 fully saturated rings. The Kier molecular flexibility index (Phi) is 3.39. The molecule has 18 heavy (non-hydrogen) atoms. The van der Waals surface area contributed by atoms with Crippen molar-refractivity contribution in [3.05, 3.63) is 34.3 Å². The van der Waals surface area contributed by atoms with Gasteiger partial charge in [-0.1, -0.05) is 17.7 Å². The van der Waals surface area contributed by atoms with Gasteiger partial charge < -0.3 is 10.1 Å². The number of aromatic nitrogens is 1. The van der Waals surface area contributed by atoms with Crippen molar-refractivity contribution >= 4 is 34.3 Å². The number of nitrogens with one attached hydrogen (secondary N) is 1. The van der Waals surface area contributed by atoms with E-state index in [4.69, 9.17) is 16.3 Å². The highest BCUT2D eigenvalue weighted by Gasteiger charge is 2.15. The number of esters is 1. The number of fused-ring (bicyclic) bond motifs is 1. The van der Waals surface area contributed by atoms with Gasteiger partial charge in [0, 0.05) is 17.5 Å². The number of carbonyl (C=O) groups is 1. The molecule has 0 unspecified atom stereocenters. The van der Waals surface area contributed by atoms with Crippen LogP contribution >= 0.6 is 11.6 Å². The molecular formula is C13H13ClN2O2. The van der Waals surface area contributed by atoms with Gasteiger partial charge in [-0.25, -0.2) is 9.78 Å². The number of pyridine rings is 1. The van der Waals surface area contributed by atoms with Gasteiger partial charge in [0.05, 0.1) is 18.2 Å². The molecule has 0 saturated heterocycles. The Bertz CT molecular complexity index is 626. The monoisotopic (exact) mass is 264 g/mol. The third-order valence-corrected chi connectivity index (χ3v) is 3.24. The van der Waals surface area contributed by atoms with Crippen LogP contribution < -0.4 is 5.32 Å². The van der Waals surface area contributed by atoms with Gasteiger partial charge in [0.1, 0.15) is 5.82 Å². The van der Waals surface area contributed by atoms with E-state index in [1.54, 1.807) is 25.2 Å². The second kappa shape index (κ2) is 4.82. The molecule has 2 rings (SSSR count). The SMILES string of the molecule is CNc1cc(C(=O)OC)c2ccc(Cl)c(C)c2n1. The Morgan fingerprint density at radius 2 is 2.17 bits per heavy atom. The van der Waals surface area contributed by atoms with Crippen molar-refractivity contribution in [1.29, 1.82) is 0 Å². The minimum atomic E-state index is -0.388. The molecular weight excluding hydrogens is 252 g/mol. The predicted octanol–water partition coefficient (Wildman–Crippen LogP) is 3.02. The van der Waals surface area contributed by atoms with E-state index in [0.29, 0.717) is 21.9 Å². The summed E-state index contributed by atoms with van der Waals surface area (Å²) < 4.78 is 4.79. The lowest BCUT2D eigenvalue weighted by molar-refractivity contribution is 0.0603. The van der Waals surface area contributed by atoms with Gasteiger partial charge in [0.25, 0.3) is 0 Å². The van der Waals surface area contributed by atoms with Gasteiger partial charge in [-0.05, 0) is 24.6 Å². The van der Waals surface area contributed by atoms with Gasteiger partial charge in [-0.15, -0.1) is 0 Å². The van der Waals surface area contributed by atoms with E-state index in [1.165, 1.54) is 7.11 Å². The van der Waals surface area contributed by atoms with Crippen LogP contribution in [0.1, 0.15) is 15.9 Å². The van der Waals surface area contributed by atoms with Crippen molar-refractivity contribution in [2.45, 2.75) is 6.92 Å². The van der Waals surface area contributed by atoms with Crippen LogP contribution in [-0.2, 0) is 4.74 Å². The van der Waals surface area contributed by atoms with Crippen LogP contribution in [-0.4, -0.2) is 25.1 Å². The van der Waals surface area contributed by atoms with Crippen LogP contribution in [0.2, 0.25) is 5.02 Å². The van der Waals surface area contributed by atoms with Gasteiger partial charge in [-0.2, -0.15) is 0 Å². The molecule has 0 saturated carbocycles. The minimum absolute atomic E-state index is 0.388. The molecule has 1 aromatic heterocycles. The number of carbonyl (C=O) groups excluding carboxylic acids is 1. The Labute approximate surface area is 110 Å². The zero-order valence-electron chi connectivity index (χ0n) is 10.4. The normalized spacial score (nSPS) is 10.4. The summed E-state index contributed by atoms with van der Waals surface area (Å²) in [6, 6.07) is 5.21. The Morgan fingerprint density at radius 3 is 2.78 bits per heavy atom. The molecule has 0 aliphatic carbocycles. The number of hydrogen-bond donors (Lipinski definition) is 1. The molecule has 0 amide bonds. The first-order valence-electron chi connectivity index (χ1n) is 5.44. The lowest BCUT2D eigenvalue weighted by atomic mass is 10.1. The summed E-state index contributed by atoms with van der Waals surface area (Å²) in [5.74, 6) is 0.217. The molecule has 0 aliphatic heterocycles. The molecule has 94 valence electrons. The summed E-state index contributed by atoms with van der Waals surface area (Å²) in [5.41, 5.74) is 2.03. The van der Waals surface area contributed by atoms with Crippen molar-refractivity contribution < 1.29 is 9.53 Å². The van der Waals surface area contributed by atoms with E-state index in [2.05, 4.69) is 10.3 Å². The fourth-order valence-corrected chi connectivity index (χ4v) is 1.96. The molecule has 2 aromatic rings. The topological polar surface area (TPSA) is 51.2 Å². The zero-order chi connectivity index (χ0) is 13.3. The van der Waals surface area contributed by atoms with Crippen LogP contribution in [0.3, 0.4) is 0 Å². The minimum Gasteiger partial charge on any atom is -0.465 e. The van der Waals surface area contributed by atoms with E-state index >= 15 is 0 Å². The second-order valence-corrected chi connectivity index (χ2v) is 4.27. The van der Waals surface area contributed by atoms with Crippen molar-refractivity contribution in [2.75, 3.05) is 19.5 Å². The van der Waals surface area contributed by atoms with Crippen molar-refractivity contribution in [2.24, 2.45) is 0 Å². The van der Waals surface area contributed by atoms with E-state index in [-0.39, 0.29) is 5.97 Å². The van der Waals surface area contributed by atoms with Crippen LogP contribution in [0.25, 0.3) is 10.9 Å². The zero-order valence-corrected chi connectivity index (χ0v) is 11.1. The number of hydrogen-bond acceptors (Lipinski definition) is 4. The number of benzene rings is 1. The number of aryl methyl sites for hydroxylation is 1. The fourth-order valence-electron chi connectivity index (χ4n) is 1.81. The van der Waals surface area contributed by atoms with E-state index < -0.39 is 0 Å². The van der Waals surface area contributed by atoms with E-state index in [9.17, 15) is 4.79 Å². The van der Waals surface area contributed by atoms with Crippen LogP contribution in [0.4, 0.5) is 5.82 Å². The fraction of sp³-hybridized carbons (Fsp3) is 0.231. The molecule has 4 nitrogen and oxygen atoms in total. The van der Waals surface area contributed by atoms with E-state index in [0.717, 1.165) is 10.9 Å². The summed E-state index contributed by atoms with van der Waals surface area (Å²) in [5, 5.41) is 4.29. The average molecular weight is 265 g/mol. The Hall–Kier alpha value is -1.81. The molecule has 5 heteroatoms. The van der Waals surface area contributed by atoms with Gasteiger partial charge in [-0.3, -0.25) is 0 Å². The highest BCUT2D eigenvalue weighted by atomic mass is 35.5. The highest BCUT2D eigenvalue weighted by Crippen LogP contribution is 2.28. The first kappa shape index (κ1) is 12.6. The molecule has 0 bridgehead atoms. The summed E-state index contributed by atoms with van der Waals surface area (Å²) in [6.07, 6.45) is 0. The third kappa shape index (κ3) is 1.99. The number of rotatable bonds is 2.